The van der Waals surface area contributed by atoms with Crippen molar-refractivity contribution >= 4 is 46.1 Å². The summed E-state index contributed by atoms with van der Waals surface area (Å²) in [6, 6.07) is 0. The van der Waals surface area contributed by atoms with E-state index in [2.05, 4.69) is 10.3 Å². The van der Waals surface area contributed by atoms with Gasteiger partial charge >= 0.3 is 5.97 Å². The molecule has 1 N–H and O–H groups in total. The summed E-state index contributed by atoms with van der Waals surface area (Å²) in [5, 5.41) is 14.7. The topological polar surface area (TPSA) is 108 Å². The number of amides is 1. The second-order valence-corrected chi connectivity index (χ2v) is 5.38. The molecule has 0 unspecified atom stereocenters. The van der Waals surface area contributed by atoms with Crippen molar-refractivity contribution in [3.8, 4) is 0 Å². The van der Waals surface area contributed by atoms with Crippen molar-refractivity contribution in [2.24, 2.45) is 0 Å². The number of thioether (sulfide) groups is 1. The smallest absolute Gasteiger partial charge is 0.311 e. The van der Waals surface area contributed by atoms with Crippen LogP contribution in [0.3, 0.4) is 0 Å². The zero-order valence-corrected chi connectivity index (χ0v) is 12.3. The van der Waals surface area contributed by atoms with Crippen molar-refractivity contribution < 1.29 is 24.2 Å². The van der Waals surface area contributed by atoms with Crippen LogP contribution >= 0.6 is 23.1 Å². The number of carboxylic acids is 1. The van der Waals surface area contributed by atoms with Crippen LogP contribution in [-0.2, 0) is 25.5 Å². The summed E-state index contributed by atoms with van der Waals surface area (Å²) in [5.41, 5.74) is 0.520. The number of hydrogen-bond donors (Lipinski definition) is 1. The first-order chi connectivity index (χ1) is 9.51. The van der Waals surface area contributed by atoms with E-state index in [0.717, 1.165) is 11.8 Å². The number of aliphatic carboxylic acids is 1. The van der Waals surface area contributed by atoms with Gasteiger partial charge in [0, 0.05) is 11.1 Å². The van der Waals surface area contributed by atoms with Gasteiger partial charge in [0.05, 0.1) is 30.4 Å². The van der Waals surface area contributed by atoms with E-state index in [-0.39, 0.29) is 29.8 Å². The average Bonchev–Trinajstić information content (AvgIpc) is 2.76. The molecule has 0 aliphatic heterocycles. The van der Waals surface area contributed by atoms with Crippen molar-refractivity contribution in [1.82, 2.24) is 4.98 Å². The molecule has 0 bridgehead atoms. The standard InChI is InChI=1S/C11H14N2O5S2/c1-2-18-10(17)3-7-4-20-11(12-7)13-8(14)5-19-6-9(15)16/h4H,2-3,5-6H2,1H3,(H,15,16)(H,12,13,14)/p-1. The summed E-state index contributed by atoms with van der Waals surface area (Å²) in [4.78, 5) is 36.9. The fraction of sp³-hybridized carbons (Fsp3) is 0.455. The van der Waals surface area contributed by atoms with Gasteiger partial charge in [0.1, 0.15) is 0 Å². The van der Waals surface area contributed by atoms with Crippen LogP contribution < -0.4 is 10.4 Å². The maximum atomic E-state index is 11.5. The number of carboxylic acid groups (broad SMARTS) is 1. The maximum absolute atomic E-state index is 11.5. The lowest BCUT2D eigenvalue weighted by Gasteiger charge is -2.02. The quantitative estimate of drug-likeness (QED) is 0.654. The van der Waals surface area contributed by atoms with Crippen LogP contribution in [0, 0.1) is 0 Å². The number of carbonyl (C=O) groups excluding carboxylic acids is 3. The number of thiazole rings is 1. The second-order valence-electron chi connectivity index (χ2n) is 3.54. The molecule has 0 saturated carbocycles. The van der Waals surface area contributed by atoms with E-state index in [0.29, 0.717) is 17.4 Å². The molecular formula is C11H13N2O5S2-. The Balaban J connectivity index is 2.37. The number of hydrogen-bond acceptors (Lipinski definition) is 8. The first kappa shape index (κ1) is 16.4. The third-order valence-corrected chi connectivity index (χ3v) is 3.59. The molecule has 0 spiro atoms. The van der Waals surface area contributed by atoms with Crippen LogP contribution in [0.25, 0.3) is 0 Å². The van der Waals surface area contributed by atoms with Gasteiger partial charge < -0.3 is 20.0 Å². The fourth-order valence-corrected chi connectivity index (χ4v) is 2.44. The molecule has 0 aliphatic carbocycles. The number of ether oxygens (including phenoxy) is 1. The van der Waals surface area contributed by atoms with Gasteiger partial charge in [0.15, 0.2) is 5.13 Å². The Morgan fingerprint density at radius 3 is 2.85 bits per heavy atom. The lowest BCUT2D eigenvalue weighted by atomic mass is 10.3. The molecule has 0 atom stereocenters. The molecule has 9 heteroatoms. The molecule has 0 aliphatic rings. The zero-order valence-electron chi connectivity index (χ0n) is 10.7. The number of aromatic nitrogens is 1. The highest BCUT2D eigenvalue weighted by Crippen LogP contribution is 2.16. The molecule has 7 nitrogen and oxygen atoms in total. The fourth-order valence-electron chi connectivity index (χ4n) is 1.19. The monoisotopic (exact) mass is 317 g/mol. The molecule has 110 valence electrons. The minimum absolute atomic E-state index is 0.000764. The third kappa shape index (κ3) is 6.53. The Labute approximate surface area is 123 Å². The summed E-state index contributed by atoms with van der Waals surface area (Å²) in [7, 11) is 0. The van der Waals surface area contributed by atoms with E-state index in [9.17, 15) is 19.5 Å². The third-order valence-electron chi connectivity index (χ3n) is 1.88. The first-order valence-electron chi connectivity index (χ1n) is 5.68. The van der Waals surface area contributed by atoms with Gasteiger partial charge in [-0.1, -0.05) is 0 Å². The van der Waals surface area contributed by atoms with E-state index in [1.54, 1.807) is 12.3 Å². The highest BCUT2D eigenvalue weighted by molar-refractivity contribution is 8.00. The summed E-state index contributed by atoms with van der Waals surface area (Å²) < 4.78 is 4.79. The number of esters is 1. The number of nitrogens with zero attached hydrogens (tertiary/aromatic N) is 1. The van der Waals surface area contributed by atoms with Gasteiger partial charge in [-0.25, -0.2) is 4.98 Å². The Hall–Kier alpha value is -1.61. The summed E-state index contributed by atoms with van der Waals surface area (Å²) in [5.74, 6) is -2.18. The van der Waals surface area contributed by atoms with E-state index < -0.39 is 5.97 Å². The van der Waals surface area contributed by atoms with E-state index in [4.69, 9.17) is 4.74 Å². The number of carbonyl (C=O) groups is 3. The highest BCUT2D eigenvalue weighted by atomic mass is 32.2. The normalized spacial score (nSPS) is 10.1. The second kappa shape index (κ2) is 8.54. The Morgan fingerprint density at radius 2 is 2.20 bits per heavy atom. The predicted octanol–water partition coefficient (Wildman–Crippen LogP) is -0.330. The molecule has 0 radical (unpaired) electrons. The molecule has 1 aromatic heterocycles. The molecule has 0 fully saturated rings. The van der Waals surface area contributed by atoms with Crippen LogP contribution in [0.2, 0.25) is 0 Å². The summed E-state index contributed by atoms with van der Waals surface area (Å²) >= 11 is 2.13. The Kier molecular flexibility index (Phi) is 7.02. The number of anilines is 1. The minimum atomic E-state index is -1.21. The van der Waals surface area contributed by atoms with Crippen molar-refractivity contribution in [3.05, 3.63) is 11.1 Å². The van der Waals surface area contributed by atoms with Crippen LogP contribution in [0.1, 0.15) is 12.6 Å². The maximum Gasteiger partial charge on any atom is 0.311 e. The van der Waals surface area contributed by atoms with E-state index in [1.165, 1.54) is 11.3 Å². The molecule has 1 aromatic rings. The van der Waals surface area contributed by atoms with Gasteiger partial charge in [-0.2, -0.15) is 0 Å². The first-order valence-corrected chi connectivity index (χ1v) is 7.72. The highest BCUT2D eigenvalue weighted by Gasteiger charge is 2.10. The Bertz CT molecular complexity index is 489. The van der Waals surface area contributed by atoms with Crippen molar-refractivity contribution in [2.75, 3.05) is 23.4 Å². The van der Waals surface area contributed by atoms with Crippen molar-refractivity contribution in [1.29, 1.82) is 0 Å². The van der Waals surface area contributed by atoms with E-state index in [1.807, 2.05) is 0 Å². The average molecular weight is 317 g/mol. The largest absolute Gasteiger partial charge is 0.549 e. The van der Waals surface area contributed by atoms with Crippen LogP contribution in [0.4, 0.5) is 5.13 Å². The van der Waals surface area contributed by atoms with Crippen LogP contribution in [0.5, 0.6) is 0 Å². The van der Waals surface area contributed by atoms with Gasteiger partial charge in [-0.3, -0.25) is 9.59 Å². The van der Waals surface area contributed by atoms with Gasteiger partial charge in [0.2, 0.25) is 5.91 Å². The molecular weight excluding hydrogens is 304 g/mol. The lowest BCUT2D eigenvalue weighted by molar-refractivity contribution is -0.301. The molecule has 1 rings (SSSR count). The zero-order chi connectivity index (χ0) is 15.0. The van der Waals surface area contributed by atoms with Crippen LogP contribution in [-0.4, -0.2) is 40.9 Å². The number of rotatable bonds is 8. The van der Waals surface area contributed by atoms with Crippen LogP contribution in [0.15, 0.2) is 5.38 Å². The minimum Gasteiger partial charge on any atom is -0.549 e. The Morgan fingerprint density at radius 1 is 1.45 bits per heavy atom. The molecule has 0 saturated heterocycles. The summed E-state index contributed by atoms with van der Waals surface area (Å²) in [6.45, 7) is 2.02. The molecule has 0 aromatic carbocycles. The lowest BCUT2D eigenvalue weighted by Crippen LogP contribution is -2.25. The predicted molar refractivity (Wildman–Crippen MR) is 73.4 cm³/mol. The van der Waals surface area contributed by atoms with Gasteiger partial charge in [0.25, 0.3) is 0 Å². The van der Waals surface area contributed by atoms with Crippen molar-refractivity contribution in [2.45, 2.75) is 13.3 Å². The number of nitrogens with one attached hydrogen (secondary N) is 1. The van der Waals surface area contributed by atoms with Crippen molar-refractivity contribution in [3.63, 3.8) is 0 Å². The molecule has 20 heavy (non-hydrogen) atoms. The SMILES string of the molecule is CCOC(=O)Cc1csc(NC(=O)CSCC(=O)[O-])n1. The van der Waals surface area contributed by atoms with Gasteiger partial charge in [-0.15, -0.1) is 23.1 Å². The van der Waals surface area contributed by atoms with Gasteiger partial charge in [-0.05, 0) is 6.92 Å². The summed E-state index contributed by atoms with van der Waals surface area (Å²) in [6.07, 6.45) is 0.0552. The van der Waals surface area contributed by atoms with E-state index >= 15 is 0 Å². The molecule has 1 heterocycles. The molecule has 1 amide bonds.